The van der Waals surface area contributed by atoms with Crippen molar-refractivity contribution < 1.29 is 9.53 Å². The Morgan fingerprint density at radius 3 is 2.43 bits per heavy atom. The van der Waals surface area contributed by atoms with Crippen molar-refractivity contribution >= 4 is 5.91 Å². The van der Waals surface area contributed by atoms with E-state index < -0.39 is 6.10 Å². The average molecular weight is 309 g/mol. The molecule has 0 aromatic heterocycles. The molecule has 0 aliphatic carbocycles. The topological polar surface area (TPSA) is 29.5 Å². The number of carbonyl (C=O) groups is 1. The highest BCUT2D eigenvalue weighted by atomic mass is 16.5. The Bertz CT molecular complexity index is 703. The van der Waals surface area contributed by atoms with Gasteiger partial charge in [0, 0.05) is 13.1 Å². The molecule has 23 heavy (non-hydrogen) atoms. The summed E-state index contributed by atoms with van der Waals surface area (Å²) in [5.74, 6) is 0.819. The van der Waals surface area contributed by atoms with Gasteiger partial charge in [0.05, 0.1) is 0 Å². The Morgan fingerprint density at radius 2 is 1.74 bits per heavy atom. The number of nitrogens with zero attached hydrogens (tertiary/aromatic N) is 1. The van der Waals surface area contributed by atoms with Gasteiger partial charge in [-0.25, -0.2) is 0 Å². The summed E-state index contributed by atoms with van der Waals surface area (Å²) in [4.78, 5) is 14.6. The average Bonchev–Trinajstić information content (AvgIpc) is 2.52. The Morgan fingerprint density at radius 1 is 1.09 bits per heavy atom. The lowest BCUT2D eigenvalue weighted by Gasteiger charge is -2.31. The van der Waals surface area contributed by atoms with E-state index in [2.05, 4.69) is 24.3 Å². The number of ether oxygens (including phenoxy) is 1. The summed E-state index contributed by atoms with van der Waals surface area (Å²) in [7, 11) is 0. The molecule has 120 valence electrons. The van der Waals surface area contributed by atoms with E-state index in [0.29, 0.717) is 6.54 Å². The van der Waals surface area contributed by atoms with Crippen molar-refractivity contribution in [3.63, 3.8) is 0 Å². The molecule has 1 heterocycles. The van der Waals surface area contributed by atoms with Crippen LogP contribution in [-0.2, 0) is 17.8 Å². The van der Waals surface area contributed by atoms with Gasteiger partial charge in [-0.3, -0.25) is 4.79 Å². The van der Waals surface area contributed by atoms with E-state index in [1.165, 1.54) is 11.1 Å². The van der Waals surface area contributed by atoms with Gasteiger partial charge in [0.1, 0.15) is 5.75 Å². The van der Waals surface area contributed by atoms with E-state index in [0.717, 1.165) is 29.8 Å². The van der Waals surface area contributed by atoms with Gasteiger partial charge < -0.3 is 9.64 Å². The van der Waals surface area contributed by atoms with Crippen LogP contribution in [0.1, 0.15) is 29.2 Å². The molecule has 2 aromatic rings. The standard InChI is InChI=1S/C20H23NO2/c1-14-10-15(2)12-19(11-14)23-16(3)20(22)21-9-8-17-6-4-5-7-18(17)13-21/h4-7,10-12,16H,8-9,13H2,1-3H3/t16-/m1/s1. The van der Waals surface area contributed by atoms with Crippen molar-refractivity contribution in [1.29, 1.82) is 0 Å². The van der Waals surface area contributed by atoms with Gasteiger partial charge in [-0.1, -0.05) is 30.3 Å². The van der Waals surface area contributed by atoms with Gasteiger partial charge in [-0.15, -0.1) is 0 Å². The number of hydrogen-bond acceptors (Lipinski definition) is 2. The molecule has 2 aromatic carbocycles. The summed E-state index contributed by atoms with van der Waals surface area (Å²) in [5, 5.41) is 0. The lowest BCUT2D eigenvalue weighted by atomic mass is 9.99. The third-order valence-electron chi connectivity index (χ3n) is 4.30. The number of amides is 1. The molecule has 3 rings (SSSR count). The van der Waals surface area contributed by atoms with E-state index >= 15 is 0 Å². The summed E-state index contributed by atoms with van der Waals surface area (Å²) < 4.78 is 5.89. The first kappa shape index (κ1) is 15.6. The fourth-order valence-corrected chi connectivity index (χ4v) is 3.20. The summed E-state index contributed by atoms with van der Waals surface area (Å²) in [6.07, 6.45) is 0.444. The smallest absolute Gasteiger partial charge is 0.263 e. The number of rotatable bonds is 3. The number of benzene rings is 2. The van der Waals surface area contributed by atoms with Crippen molar-refractivity contribution in [2.45, 2.75) is 39.8 Å². The highest BCUT2D eigenvalue weighted by Gasteiger charge is 2.25. The Kier molecular flexibility index (Phi) is 4.37. The minimum absolute atomic E-state index is 0.0543. The number of carbonyl (C=O) groups excluding carboxylic acids is 1. The molecule has 1 atom stereocenters. The summed E-state index contributed by atoms with van der Waals surface area (Å²) in [5.41, 5.74) is 4.88. The second-order valence-corrected chi connectivity index (χ2v) is 6.36. The van der Waals surface area contributed by atoms with Gasteiger partial charge in [0.15, 0.2) is 6.10 Å². The van der Waals surface area contributed by atoms with E-state index in [9.17, 15) is 4.79 Å². The number of fused-ring (bicyclic) bond motifs is 1. The zero-order valence-electron chi connectivity index (χ0n) is 14.0. The fourth-order valence-electron chi connectivity index (χ4n) is 3.20. The predicted octanol–water partition coefficient (Wildman–Crippen LogP) is 3.66. The molecule has 0 fully saturated rings. The third-order valence-corrected chi connectivity index (χ3v) is 4.30. The highest BCUT2D eigenvalue weighted by Crippen LogP contribution is 2.21. The van der Waals surface area contributed by atoms with Crippen LogP contribution in [0.4, 0.5) is 0 Å². The van der Waals surface area contributed by atoms with Gasteiger partial charge >= 0.3 is 0 Å². The van der Waals surface area contributed by atoms with Crippen molar-refractivity contribution in [3.8, 4) is 5.75 Å². The van der Waals surface area contributed by atoms with E-state index in [1.54, 1.807) is 0 Å². The van der Waals surface area contributed by atoms with Crippen molar-refractivity contribution in [1.82, 2.24) is 4.90 Å². The number of hydrogen-bond donors (Lipinski definition) is 0. The fraction of sp³-hybridized carbons (Fsp3) is 0.350. The first-order valence-electron chi connectivity index (χ1n) is 8.13. The zero-order chi connectivity index (χ0) is 16.4. The molecular weight excluding hydrogens is 286 g/mol. The molecule has 0 unspecified atom stereocenters. The largest absolute Gasteiger partial charge is 0.481 e. The van der Waals surface area contributed by atoms with Gasteiger partial charge in [-0.05, 0) is 61.6 Å². The van der Waals surface area contributed by atoms with Crippen LogP contribution in [-0.4, -0.2) is 23.5 Å². The molecule has 3 nitrogen and oxygen atoms in total. The monoisotopic (exact) mass is 309 g/mol. The summed E-state index contributed by atoms with van der Waals surface area (Å²) >= 11 is 0. The highest BCUT2D eigenvalue weighted by molar-refractivity contribution is 5.81. The van der Waals surface area contributed by atoms with Crippen LogP contribution in [0.25, 0.3) is 0 Å². The Hall–Kier alpha value is -2.29. The van der Waals surface area contributed by atoms with Crippen molar-refractivity contribution in [3.05, 3.63) is 64.7 Å². The normalized spacial score (nSPS) is 15.0. The lowest BCUT2D eigenvalue weighted by molar-refractivity contribution is -0.138. The van der Waals surface area contributed by atoms with Crippen LogP contribution >= 0.6 is 0 Å². The second-order valence-electron chi connectivity index (χ2n) is 6.36. The van der Waals surface area contributed by atoms with Crippen molar-refractivity contribution in [2.75, 3.05) is 6.54 Å². The van der Waals surface area contributed by atoms with E-state index in [1.807, 2.05) is 43.9 Å². The summed E-state index contributed by atoms with van der Waals surface area (Å²) in [6, 6.07) is 14.4. The Balaban J connectivity index is 1.68. The molecule has 3 heteroatoms. The quantitative estimate of drug-likeness (QED) is 0.866. The van der Waals surface area contributed by atoms with E-state index in [4.69, 9.17) is 4.74 Å². The minimum atomic E-state index is -0.471. The maximum absolute atomic E-state index is 12.7. The number of aryl methyl sites for hydroxylation is 2. The predicted molar refractivity (Wildman–Crippen MR) is 91.6 cm³/mol. The SMILES string of the molecule is Cc1cc(C)cc(O[C@H](C)C(=O)N2CCc3ccccc3C2)c1. The second kappa shape index (κ2) is 6.45. The summed E-state index contributed by atoms with van der Waals surface area (Å²) in [6.45, 7) is 7.34. The van der Waals surface area contributed by atoms with Gasteiger partial charge in [0.2, 0.25) is 0 Å². The van der Waals surface area contributed by atoms with Crippen LogP contribution in [0.5, 0.6) is 5.75 Å². The molecule has 1 aliphatic rings. The molecule has 1 amide bonds. The first-order valence-corrected chi connectivity index (χ1v) is 8.13. The zero-order valence-corrected chi connectivity index (χ0v) is 14.0. The molecule has 0 spiro atoms. The van der Waals surface area contributed by atoms with Gasteiger partial charge in [-0.2, -0.15) is 0 Å². The lowest BCUT2D eigenvalue weighted by Crippen LogP contribution is -2.43. The van der Waals surface area contributed by atoms with E-state index in [-0.39, 0.29) is 5.91 Å². The van der Waals surface area contributed by atoms with Gasteiger partial charge in [0.25, 0.3) is 5.91 Å². The maximum atomic E-state index is 12.7. The molecule has 0 radical (unpaired) electrons. The first-order chi connectivity index (χ1) is 11.0. The van der Waals surface area contributed by atoms with Crippen LogP contribution in [0.3, 0.4) is 0 Å². The maximum Gasteiger partial charge on any atom is 0.263 e. The van der Waals surface area contributed by atoms with Crippen LogP contribution in [0.2, 0.25) is 0 Å². The molecular formula is C20H23NO2. The van der Waals surface area contributed by atoms with Crippen LogP contribution in [0.15, 0.2) is 42.5 Å². The molecule has 1 aliphatic heterocycles. The van der Waals surface area contributed by atoms with Crippen LogP contribution in [0, 0.1) is 13.8 Å². The van der Waals surface area contributed by atoms with Crippen LogP contribution < -0.4 is 4.74 Å². The third kappa shape index (κ3) is 3.55. The molecule has 0 bridgehead atoms. The molecule has 0 saturated heterocycles. The minimum Gasteiger partial charge on any atom is -0.481 e. The van der Waals surface area contributed by atoms with Crippen molar-refractivity contribution in [2.24, 2.45) is 0 Å². The molecule has 0 saturated carbocycles. The molecule has 0 N–H and O–H groups in total. The Labute approximate surface area is 137 Å².